The van der Waals surface area contributed by atoms with Gasteiger partial charge in [0, 0.05) is 72.0 Å². The molecule has 5 nitrogen and oxygen atoms in total. The summed E-state index contributed by atoms with van der Waals surface area (Å²) in [5.41, 5.74) is 5.09. The van der Waals surface area contributed by atoms with Crippen LogP contribution in [0.2, 0.25) is 5.02 Å². The first-order chi connectivity index (χ1) is 17.6. The van der Waals surface area contributed by atoms with Crippen LogP contribution in [-0.4, -0.2) is 60.0 Å². The predicted octanol–water partition coefficient (Wildman–Crippen LogP) is 7.37. The zero-order chi connectivity index (χ0) is 26.3. The van der Waals surface area contributed by atoms with E-state index >= 15 is 0 Å². The molecule has 0 unspecified atom stereocenters. The molecule has 2 aromatic rings. The second kappa shape index (κ2) is 11.4. The van der Waals surface area contributed by atoms with Gasteiger partial charge in [-0.25, -0.2) is 0 Å². The van der Waals surface area contributed by atoms with Crippen LogP contribution in [0.4, 0.5) is 0 Å². The lowest BCUT2D eigenvalue weighted by atomic mass is 9.76. The van der Waals surface area contributed by atoms with Crippen LogP contribution in [0.3, 0.4) is 0 Å². The van der Waals surface area contributed by atoms with Crippen molar-refractivity contribution in [2.75, 3.05) is 39.5 Å². The molecule has 1 amide bonds. The van der Waals surface area contributed by atoms with Gasteiger partial charge in [-0.15, -0.1) is 0 Å². The molecular formula is C28H35Br2ClN3O2P. The molecule has 0 radical (unpaired) electrons. The molecule has 5 rings (SSSR count). The zero-order valence-electron chi connectivity index (χ0n) is 21.6. The monoisotopic (exact) mass is 669 g/mol. The number of halogens is 3. The maximum absolute atomic E-state index is 13.2. The minimum atomic E-state index is -2.19. The van der Waals surface area contributed by atoms with E-state index < -0.39 is 7.29 Å². The maximum atomic E-state index is 13.2. The first-order valence-corrected chi connectivity index (χ1v) is 17.8. The Balaban J connectivity index is 1.29. The Labute approximate surface area is 242 Å². The molecule has 37 heavy (non-hydrogen) atoms. The fraction of sp³-hybridized carbons (Fsp3) is 0.571. The van der Waals surface area contributed by atoms with Gasteiger partial charge < -0.3 is 9.46 Å². The third-order valence-electron chi connectivity index (χ3n) is 8.52. The van der Waals surface area contributed by atoms with Crippen LogP contribution < -0.4 is 0 Å². The van der Waals surface area contributed by atoms with Crippen LogP contribution in [0.25, 0.3) is 0 Å². The second-order valence-corrected chi connectivity index (χ2v) is 16.6. The van der Waals surface area contributed by atoms with E-state index in [-0.39, 0.29) is 11.8 Å². The van der Waals surface area contributed by atoms with Gasteiger partial charge in [-0.1, -0.05) is 27.5 Å². The topological polar surface area (TPSA) is 53.5 Å². The Morgan fingerprint density at radius 3 is 2.38 bits per heavy atom. The number of piperidine rings is 2. The first-order valence-electron chi connectivity index (χ1n) is 13.3. The van der Waals surface area contributed by atoms with Gasteiger partial charge in [0.15, 0.2) is 0 Å². The summed E-state index contributed by atoms with van der Waals surface area (Å²) in [7, 11) is -2.19. The van der Waals surface area contributed by atoms with Crippen LogP contribution in [0.15, 0.2) is 33.3 Å². The van der Waals surface area contributed by atoms with Crippen LogP contribution in [0.1, 0.15) is 60.4 Å². The molecular weight excluding hydrogens is 637 g/mol. The molecule has 0 saturated carbocycles. The number of likely N-dealkylation sites (tertiary alicyclic amines) is 1. The highest BCUT2D eigenvalue weighted by Gasteiger charge is 2.37. The summed E-state index contributed by atoms with van der Waals surface area (Å²) in [6.45, 7) is 6.96. The van der Waals surface area contributed by atoms with Crippen LogP contribution in [-0.2, 0) is 22.2 Å². The number of carbonyl (C=O) groups is 1. The minimum absolute atomic E-state index is 0.188. The number of carbonyl (C=O) groups excluding carboxylic acids is 1. The fourth-order valence-corrected chi connectivity index (χ4v) is 9.19. The molecule has 2 saturated heterocycles. The molecule has 200 valence electrons. The molecule has 1 aromatic carbocycles. The lowest BCUT2D eigenvalue weighted by molar-refractivity contribution is -0.133. The number of hydrogen-bond acceptors (Lipinski definition) is 3. The smallest absolute Gasteiger partial charge is 0.222 e. The van der Waals surface area contributed by atoms with Crippen molar-refractivity contribution in [1.29, 1.82) is 0 Å². The Hall–Kier alpha value is -0.720. The van der Waals surface area contributed by atoms with Crippen molar-refractivity contribution in [1.82, 2.24) is 14.6 Å². The molecule has 0 spiro atoms. The van der Waals surface area contributed by atoms with E-state index in [4.69, 9.17) is 16.6 Å². The van der Waals surface area contributed by atoms with Gasteiger partial charge in [-0.2, -0.15) is 0 Å². The molecule has 3 heterocycles. The van der Waals surface area contributed by atoms with Gasteiger partial charge in [-0.3, -0.25) is 14.4 Å². The number of rotatable bonds is 4. The number of aryl methyl sites for hydroxylation is 2. The summed E-state index contributed by atoms with van der Waals surface area (Å²) >= 11 is 13.9. The molecule has 2 aliphatic heterocycles. The maximum Gasteiger partial charge on any atom is 0.222 e. The van der Waals surface area contributed by atoms with Crippen LogP contribution in [0.5, 0.6) is 0 Å². The van der Waals surface area contributed by atoms with Crippen molar-refractivity contribution < 1.29 is 9.36 Å². The average molecular weight is 672 g/mol. The minimum Gasteiger partial charge on any atom is -0.343 e. The Morgan fingerprint density at radius 1 is 1.03 bits per heavy atom. The van der Waals surface area contributed by atoms with Crippen molar-refractivity contribution >= 4 is 56.7 Å². The van der Waals surface area contributed by atoms with Gasteiger partial charge in [0.25, 0.3) is 0 Å². The average Bonchev–Trinajstić information content (AvgIpc) is 3.00. The summed E-state index contributed by atoms with van der Waals surface area (Å²) in [6.07, 6.45) is 8.27. The van der Waals surface area contributed by atoms with Crippen molar-refractivity contribution in [2.24, 2.45) is 11.8 Å². The summed E-state index contributed by atoms with van der Waals surface area (Å²) in [5, 5.41) is 0.761. The van der Waals surface area contributed by atoms with Crippen LogP contribution in [0, 0.1) is 11.8 Å². The lowest BCUT2D eigenvalue weighted by Crippen LogP contribution is -2.41. The Morgan fingerprint density at radius 2 is 1.70 bits per heavy atom. The highest BCUT2D eigenvalue weighted by Crippen LogP contribution is 2.47. The van der Waals surface area contributed by atoms with Crippen molar-refractivity contribution in [3.63, 3.8) is 0 Å². The summed E-state index contributed by atoms with van der Waals surface area (Å²) in [6, 6.07) is 6.35. The molecule has 1 aromatic heterocycles. The lowest BCUT2D eigenvalue weighted by Gasteiger charge is -2.38. The molecule has 1 aliphatic carbocycles. The number of nitrogens with zero attached hydrogens (tertiary/aromatic N) is 3. The number of amides is 1. The predicted molar refractivity (Wildman–Crippen MR) is 158 cm³/mol. The summed E-state index contributed by atoms with van der Waals surface area (Å²) < 4.78 is 16.6. The molecule has 1 atom stereocenters. The van der Waals surface area contributed by atoms with E-state index in [1.165, 1.54) is 22.4 Å². The Bertz CT molecular complexity index is 1220. The van der Waals surface area contributed by atoms with E-state index in [2.05, 4.69) is 53.6 Å². The van der Waals surface area contributed by atoms with Crippen molar-refractivity contribution in [3.05, 3.63) is 60.7 Å². The van der Waals surface area contributed by atoms with Crippen LogP contribution >= 0.6 is 50.8 Å². The van der Waals surface area contributed by atoms with E-state index in [1.807, 2.05) is 25.6 Å². The number of benzene rings is 1. The number of aromatic nitrogens is 1. The van der Waals surface area contributed by atoms with E-state index in [1.54, 1.807) is 0 Å². The number of pyridine rings is 1. The van der Waals surface area contributed by atoms with Gasteiger partial charge in [-0.05, 0) is 101 Å². The highest BCUT2D eigenvalue weighted by atomic mass is 79.9. The normalized spacial score (nSPS) is 21.9. The van der Waals surface area contributed by atoms with Gasteiger partial charge in [0.05, 0.1) is 5.69 Å². The highest BCUT2D eigenvalue weighted by molar-refractivity contribution is 9.10. The third kappa shape index (κ3) is 6.22. The number of hydrogen-bond donors (Lipinski definition) is 0. The van der Waals surface area contributed by atoms with Crippen molar-refractivity contribution in [3.8, 4) is 0 Å². The zero-order valence-corrected chi connectivity index (χ0v) is 26.4. The quantitative estimate of drug-likeness (QED) is 0.319. The fourth-order valence-electron chi connectivity index (χ4n) is 6.49. The number of fused-ring (bicyclic) bond motifs is 2. The third-order valence-corrected chi connectivity index (χ3v) is 11.6. The van der Waals surface area contributed by atoms with E-state index in [9.17, 15) is 9.36 Å². The molecule has 3 aliphatic rings. The molecule has 9 heteroatoms. The molecule has 0 bridgehead atoms. The Kier molecular flexibility index (Phi) is 8.58. The SMILES string of the molecule is CP(C)(=O)N1CCC(CC(=O)N2CCC([C@H]3c4ncc(Br)cc4CCc4cc(Cl)cc(Br)c43)CC2)CC1. The summed E-state index contributed by atoms with van der Waals surface area (Å²) in [5.74, 6) is 1.28. The first kappa shape index (κ1) is 27.8. The van der Waals surface area contributed by atoms with Gasteiger partial charge >= 0.3 is 0 Å². The standard InChI is InChI=1S/C28H35Br2ClN3O2P/c1-37(2,36)34-11-5-18(6-12-34)13-25(35)33-9-7-19(8-10-33)27-26-20(15-23(31)16-24(26)30)3-4-21-14-22(29)17-32-28(21)27/h14-19,27H,3-13H2,1-2H3/t27-/m1/s1. The summed E-state index contributed by atoms with van der Waals surface area (Å²) in [4.78, 5) is 20.3. The second-order valence-electron chi connectivity index (χ2n) is 11.2. The largest absolute Gasteiger partial charge is 0.343 e. The molecule has 2 fully saturated rings. The molecule has 0 N–H and O–H groups in total. The van der Waals surface area contributed by atoms with E-state index in [0.29, 0.717) is 18.3 Å². The van der Waals surface area contributed by atoms with Gasteiger partial charge in [0.2, 0.25) is 5.91 Å². The van der Waals surface area contributed by atoms with Gasteiger partial charge in [0.1, 0.15) is 7.29 Å². The van der Waals surface area contributed by atoms with E-state index in [0.717, 1.165) is 78.7 Å². The van der Waals surface area contributed by atoms with Crippen molar-refractivity contribution in [2.45, 2.75) is 50.9 Å².